The fourth-order valence-corrected chi connectivity index (χ4v) is 3.59. The lowest BCUT2D eigenvalue weighted by atomic mass is 9.85. The average Bonchev–Trinajstić information content (AvgIpc) is 2.76. The van der Waals surface area contributed by atoms with Gasteiger partial charge in [0.1, 0.15) is 0 Å². The Balaban J connectivity index is 1.91. The second-order valence-corrected chi connectivity index (χ2v) is 5.68. The van der Waals surface area contributed by atoms with Crippen molar-refractivity contribution >= 4 is 28.9 Å². The highest BCUT2D eigenvalue weighted by Gasteiger charge is 2.36. The molecule has 2 heterocycles. The SMILES string of the molecule is Clc1cc(N2CCC3CCCCC32)c(Cl)nn1. The van der Waals surface area contributed by atoms with E-state index in [4.69, 9.17) is 23.2 Å². The molecule has 0 bridgehead atoms. The molecule has 3 rings (SSSR count). The van der Waals surface area contributed by atoms with Crippen molar-refractivity contribution in [3.05, 3.63) is 16.4 Å². The lowest BCUT2D eigenvalue weighted by Gasteiger charge is -2.33. The van der Waals surface area contributed by atoms with Crippen molar-refractivity contribution in [2.45, 2.75) is 38.1 Å². The largest absolute Gasteiger partial charge is 0.366 e. The van der Waals surface area contributed by atoms with Crippen molar-refractivity contribution in [1.29, 1.82) is 0 Å². The van der Waals surface area contributed by atoms with E-state index in [1.165, 1.54) is 32.1 Å². The number of halogens is 2. The predicted molar refractivity (Wildman–Crippen MR) is 69.8 cm³/mol. The fraction of sp³-hybridized carbons (Fsp3) is 0.667. The molecule has 2 aliphatic rings. The number of hydrogen-bond donors (Lipinski definition) is 0. The first-order valence-corrected chi connectivity index (χ1v) is 6.96. The van der Waals surface area contributed by atoms with Crippen molar-refractivity contribution in [1.82, 2.24) is 10.2 Å². The van der Waals surface area contributed by atoms with Crippen LogP contribution in [-0.4, -0.2) is 22.8 Å². The zero-order valence-electron chi connectivity index (χ0n) is 9.57. The van der Waals surface area contributed by atoms with Gasteiger partial charge < -0.3 is 4.90 Å². The van der Waals surface area contributed by atoms with E-state index in [1.54, 1.807) is 0 Å². The Kier molecular flexibility index (Phi) is 3.14. The predicted octanol–water partition coefficient (Wildman–Crippen LogP) is 3.55. The Morgan fingerprint density at radius 3 is 2.82 bits per heavy atom. The zero-order chi connectivity index (χ0) is 11.8. The van der Waals surface area contributed by atoms with E-state index in [9.17, 15) is 0 Å². The van der Waals surface area contributed by atoms with Crippen LogP contribution in [0, 0.1) is 5.92 Å². The summed E-state index contributed by atoms with van der Waals surface area (Å²) < 4.78 is 0. The van der Waals surface area contributed by atoms with Gasteiger partial charge in [0.15, 0.2) is 10.3 Å². The maximum atomic E-state index is 6.13. The van der Waals surface area contributed by atoms with E-state index in [-0.39, 0.29) is 0 Å². The van der Waals surface area contributed by atoms with Crippen LogP contribution in [0.4, 0.5) is 5.69 Å². The summed E-state index contributed by atoms with van der Waals surface area (Å²) in [5.74, 6) is 0.826. The van der Waals surface area contributed by atoms with Gasteiger partial charge in [-0.05, 0) is 25.2 Å². The Morgan fingerprint density at radius 2 is 1.94 bits per heavy atom. The van der Waals surface area contributed by atoms with Crippen LogP contribution in [0.1, 0.15) is 32.1 Å². The highest BCUT2D eigenvalue weighted by atomic mass is 35.5. The first kappa shape index (κ1) is 11.5. The van der Waals surface area contributed by atoms with Crippen LogP contribution in [0.2, 0.25) is 10.3 Å². The van der Waals surface area contributed by atoms with Crippen LogP contribution in [-0.2, 0) is 0 Å². The fourth-order valence-electron chi connectivity index (χ4n) is 3.25. The van der Waals surface area contributed by atoms with E-state index in [0.29, 0.717) is 16.3 Å². The van der Waals surface area contributed by atoms with Gasteiger partial charge in [-0.2, -0.15) is 0 Å². The van der Waals surface area contributed by atoms with Gasteiger partial charge in [-0.15, -0.1) is 10.2 Å². The third kappa shape index (κ3) is 2.11. The standard InChI is InChI=1S/C12H15Cl2N3/c13-11-7-10(12(14)16-15-11)17-6-5-8-3-1-2-4-9(8)17/h7-9H,1-6H2. The average molecular weight is 272 g/mol. The molecule has 1 aromatic rings. The van der Waals surface area contributed by atoms with Gasteiger partial charge in [0.25, 0.3) is 0 Å². The monoisotopic (exact) mass is 271 g/mol. The van der Waals surface area contributed by atoms with Crippen molar-refractivity contribution in [2.24, 2.45) is 5.92 Å². The van der Waals surface area contributed by atoms with Crippen molar-refractivity contribution in [3.63, 3.8) is 0 Å². The molecule has 17 heavy (non-hydrogen) atoms. The third-order valence-corrected chi connectivity index (χ3v) is 4.47. The number of rotatable bonds is 1. The van der Waals surface area contributed by atoms with Crippen LogP contribution < -0.4 is 4.90 Å². The smallest absolute Gasteiger partial charge is 0.175 e. The van der Waals surface area contributed by atoms with Gasteiger partial charge in [-0.3, -0.25) is 0 Å². The van der Waals surface area contributed by atoms with Gasteiger partial charge in [0, 0.05) is 18.7 Å². The second kappa shape index (κ2) is 4.62. The van der Waals surface area contributed by atoms with Crippen molar-refractivity contribution in [3.8, 4) is 0 Å². The Hall–Kier alpha value is -0.540. The first-order chi connectivity index (χ1) is 8.25. The van der Waals surface area contributed by atoms with E-state index in [0.717, 1.165) is 18.2 Å². The van der Waals surface area contributed by atoms with Gasteiger partial charge in [0.05, 0.1) is 5.69 Å². The number of nitrogens with zero attached hydrogens (tertiary/aromatic N) is 3. The number of anilines is 1. The minimum atomic E-state index is 0.420. The van der Waals surface area contributed by atoms with Crippen molar-refractivity contribution in [2.75, 3.05) is 11.4 Å². The minimum Gasteiger partial charge on any atom is -0.366 e. The Labute approximate surface area is 111 Å². The highest BCUT2D eigenvalue weighted by molar-refractivity contribution is 6.33. The molecule has 0 radical (unpaired) electrons. The summed E-state index contributed by atoms with van der Waals surface area (Å²) in [6, 6.07) is 2.47. The molecule has 1 aliphatic heterocycles. The molecule has 1 aliphatic carbocycles. The lowest BCUT2D eigenvalue weighted by molar-refractivity contribution is 0.342. The summed E-state index contributed by atoms with van der Waals surface area (Å²) in [5.41, 5.74) is 0.959. The molecule has 3 nitrogen and oxygen atoms in total. The second-order valence-electron chi connectivity index (χ2n) is 4.94. The first-order valence-electron chi connectivity index (χ1n) is 6.21. The zero-order valence-corrected chi connectivity index (χ0v) is 11.1. The number of hydrogen-bond acceptors (Lipinski definition) is 3. The molecule has 92 valence electrons. The molecule has 0 spiro atoms. The molecular formula is C12H15Cl2N3. The van der Waals surface area contributed by atoms with Crippen LogP contribution >= 0.6 is 23.2 Å². The maximum absolute atomic E-state index is 6.13. The molecular weight excluding hydrogens is 257 g/mol. The molecule has 5 heteroatoms. The lowest BCUT2D eigenvalue weighted by Crippen LogP contribution is -2.35. The Bertz CT molecular complexity index is 424. The summed E-state index contributed by atoms with van der Waals surface area (Å²) in [4.78, 5) is 2.38. The molecule has 2 fully saturated rings. The molecule has 2 atom stereocenters. The molecule has 0 aromatic carbocycles. The minimum absolute atomic E-state index is 0.420. The van der Waals surface area contributed by atoms with Gasteiger partial charge in [-0.1, -0.05) is 36.0 Å². The van der Waals surface area contributed by atoms with E-state index >= 15 is 0 Å². The van der Waals surface area contributed by atoms with E-state index in [1.807, 2.05) is 6.07 Å². The van der Waals surface area contributed by atoms with Crippen LogP contribution in [0.3, 0.4) is 0 Å². The third-order valence-electron chi connectivity index (χ3n) is 4.02. The summed E-state index contributed by atoms with van der Waals surface area (Å²) in [6.45, 7) is 1.07. The topological polar surface area (TPSA) is 29.0 Å². The molecule has 2 unspecified atom stereocenters. The quantitative estimate of drug-likeness (QED) is 0.782. The molecule has 1 saturated carbocycles. The molecule has 0 N–H and O–H groups in total. The van der Waals surface area contributed by atoms with Crippen LogP contribution in [0.5, 0.6) is 0 Å². The summed E-state index contributed by atoms with van der Waals surface area (Å²) in [6.07, 6.45) is 6.58. The van der Waals surface area contributed by atoms with E-state index in [2.05, 4.69) is 15.1 Å². The summed E-state index contributed by atoms with van der Waals surface area (Å²) in [7, 11) is 0. The molecule has 1 saturated heterocycles. The Morgan fingerprint density at radius 1 is 1.12 bits per heavy atom. The van der Waals surface area contributed by atoms with Crippen molar-refractivity contribution < 1.29 is 0 Å². The van der Waals surface area contributed by atoms with Crippen LogP contribution in [0.25, 0.3) is 0 Å². The summed E-state index contributed by atoms with van der Waals surface area (Å²) >= 11 is 12.0. The number of aromatic nitrogens is 2. The highest BCUT2D eigenvalue weighted by Crippen LogP contribution is 2.40. The van der Waals surface area contributed by atoms with E-state index < -0.39 is 0 Å². The maximum Gasteiger partial charge on any atom is 0.175 e. The van der Waals surface area contributed by atoms with Crippen LogP contribution in [0.15, 0.2) is 6.07 Å². The summed E-state index contributed by atoms with van der Waals surface area (Å²) in [5, 5.41) is 8.57. The van der Waals surface area contributed by atoms with Gasteiger partial charge in [0.2, 0.25) is 0 Å². The van der Waals surface area contributed by atoms with Gasteiger partial charge >= 0.3 is 0 Å². The normalized spacial score (nSPS) is 28.2. The van der Waals surface area contributed by atoms with Gasteiger partial charge in [-0.25, -0.2) is 0 Å². The molecule has 0 amide bonds. The molecule has 1 aromatic heterocycles. The number of fused-ring (bicyclic) bond motifs is 1.